The second-order valence-electron chi connectivity index (χ2n) is 12.6. The van der Waals surface area contributed by atoms with Crippen LogP contribution in [0, 0.1) is 0 Å². The molecular formula is C46H32N2Si. The summed E-state index contributed by atoms with van der Waals surface area (Å²) in [4.78, 5) is 9.98. The third kappa shape index (κ3) is 4.95. The van der Waals surface area contributed by atoms with E-state index in [9.17, 15) is 0 Å². The Morgan fingerprint density at radius 2 is 0.694 bits per heavy atom. The van der Waals surface area contributed by atoms with Crippen LogP contribution in [0.3, 0.4) is 0 Å². The Morgan fingerprint density at radius 1 is 0.306 bits per heavy atom. The standard InChI is InChI=1S/C46H32N2Si/c1-4-14-35(15-5-1)42-32-43(48-46(47-42)37-16-6-2-7-17-37)36-26-24-33(25-27-36)34-28-30-39(31-29-34)49(38-18-8-3-9-19-38)44-22-12-10-20-40(44)41-21-11-13-23-45(41)49/h1-32H. The van der Waals surface area contributed by atoms with Crippen molar-refractivity contribution in [3.63, 3.8) is 0 Å². The zero-order valence-electron chi connectivity index (χ0n) is 26.9. The highest BCUT2D eigenvalue weighted by Gasteiger charge is 2.48. The Kier molecular flexibility index (Phi) is 7.18. The van der Waals surface area contributed by atoms with Crippen molar-refractivity contribution < 1.29 is 0 Å². The van der Waals surface area contributed by atoms with E-state index >= 15 is 0 Å². The topological polar surface area (TPSA) is 25.8 Å². The third-order valence-electron chi connectivity index (χ3n) is 9.82. The fraction of sp³-hybridized carbons (Fsp3) is 0. The Labute approximate surface area is 288 Å². The maximum atomic E-state index is 5.02. The lowest BCUT2D eigenvalue weighted by molar-refractivity contribution is 1.18. The van der Waals surface area contributed by atoms with Crippen LogP contribution in [0.15, 0.2) is 194 Å². The van der Waals surface area contributed by atoms with E-state index in [1.54, 1.807) is 0 Å². The first-order chi connectivity index (χ1) is 24.3. The maximum absolute atomic E-state index is 5.02. The van der Waals surface area contributed by atoms with Gasteiger partial charge in [-0.05, 0) is 49.1 Å². The van der Waals surface area contributed by atoms with Crippen LogP contribution in [0.1, 0.15) is 0 Å². The van der Waals surface area contributed by atoms with Crippen molar-refractivity contribution in [2.24, 2.45) is 0 Å². The van der Waals surface area contributed by atoms with Gasteiger partial charge >= 0.3 is 0 Å². The van der Waals surface area contributed by atoms with Crippen LogP contribution in [-0.2, 0) is 0 Å². The fourth-order valence-electron chi connectivity index (χ4n) is 7.53. The summed E-state index contributed by atoms with van der Waals surface area (Å²) in [5.41, 5.74) is 10.1. The minimum absolute atomic E-state index is 0.725. The zero-order chi connectivity index (χ0) is 32.6. The molecule has 1 aromatic heterocycles. The largest absolute Gasteiger partial charge is 0.228 e. The number of fused-ring (bicyclic) bond motifs is 3. The third-order valence-corrected chi connectivity index (χ3v) is 14.7. The first kappa shape index (κ1) is 29.0. The van der Waals surface area contributed by atoms with Gasteiger partial charge in [0.2, 0.25) is 0 Å². The molecular weight excluding hydrogens is 609 g/mol. The van der Waals surface area contributed by atoms with E-state index in [1.165, 1.54) is 43.0 Å². The SMILES string of the molecule is c1ccc(-c2cc(-c3ccc(-c4ccc([Si]5(c6ccccc6)c6ccccc6-c6ccccc65)cc4)cc3)nc(-c3ccccc3)n2)cc1. The molecule has 0 unspecified atom stereocenters. The number of rotatable bonds is 6. The molecule has 7 aromatic carbocycles. The lowest BCUT2D eigenvalue weighted by atomic mass is 10.0. The molecule has 0 radical (unpaired) electrons. The monoisotopic (exact) mass is 640 g/mol. The van der Waals surface area contributed by atoms with Crippen LogP contribution in [0.4, 0.5) is 0 Å². The number of hydrogen-bond acceptors (Lipinski definition) is 2. The molecule has 0 saturated carbocycles. The Morgan fingerprint density at radius 3 is 1.24 bits per heavy atom. The van der Waals surface area contributed by atoms with Gasteiger partial charge in [0.15, 0.2) is 13.9 Å². The highest BCUT2D eigenvalue weighted by atomic mass is 28.3. The molecule has 0 fully saturated rings. The molecule has 0 bridgehead atoms. The lowest BCUT2D eigenvalue weighted by Crippen LogP contribution is -2.72. The van der Waals surface area contributed by atoms with E-state index in [0.29, 0.717) is 0 Å². The van der Waals surface area contributed by atoms with E-state index in [4.69, 9.17) is 9.97 Å². The molecule has 9 rings (SSSR count). The first-order valence-corrected chi connectivity index (χ1v) is 18.8. The van der Waals surface area contributed by atoms with Crippen LogP contribution >= 0.6 is 0 Å². The molecule has 3 heteroatoms. The Bertz CT molecular complexity index is 2300. The van der Waals surface area contributed by atoms with Crippen molar-refractivity contribution in [1.29, 1.82) is 0 Å². The lowest BCUT2D eigenvalue weighted by Gasteiger charge is -2.31. The van der Waals surface area contributed by atoms with E-state index in [-0.39, 0.29) is 0 Å². The normalized spacial score (nSPS) is 12.7. The molecule has 2 nitrogen and oxygen atoms in total. The molecule has 49 heavy (non-hydrogen) atoms. The average Bonchev–Trinajstić information content (AvgIpc) is 3.50. The smallest absolute Gasteiger partial charge is 0.180 e. The van der Waals surface area contributed by atoms with E-state index in [0.717, 1.165) is 33.9 Å². The van der Waals surface area contributed by atoms with Gasteiger partial charge in [0.25, 0.3) is 0 Å². The second kappa shape index (κ2) is 12.1. The van der Waals surface area contributed by atoms with E-state index in [2.05, 4.69) is 158 Å². The zero-order valence-corrected chi connectivity index (χ0v) is 27.9. The highest BCUT2D eigenvalue weighted by Crippen LogP contribution is 2.31. The first-order valence-electron chi connectivity index (χ1n) is 16.8. The van der Waals surface area contributed by atoms with Crippen LogP contribution in [0.5, 0.6) is 0 Å². The van der Waals surface area contributed by atoms with Gasteiger partial charge in [-0.25, -0.2) is 9.97 Å². The van der Waals surface area contributed by atoms with E-state index in [1.807, 2.05) is 36.4 Å². The van der Waals surface area contributed by atoms with Gasteiger partial charge in [-0.15, -0.1) is 0 Å². The van der Waals surface area contributed by atoms with Gasteiger partial charge in [-0.3, -0.25) is 0 Å². The molecule has 0 aliphatic carbocycles. The predicted octanol–water partition coefficient (Wildman–Crippen LogP) is 8.50. The summed E-state index contributed by atoms with van der Waals surface area (Å²) < 4.78 is 0. The fourth-order valence-corrected chi connectivity index (χ4v) is 12.7. The van der Waals surface area contributed by atoms with Gasteiger partial charge in [0, 0.05) is 16.7 Å². The summed E-state index contributed by atoms with van der Waals surface area (Å²) in [5, 5.41) is 5.75. The van der Waals surface area contributed by atoms with Gasteiger partial charge in [-0.2, -0.15) is 0 Å². The molecule has 8 aromatic rings. The molecule has 2 heterocycles. The molecule has 1 aliphatic rings. The van der Waals surface area contributed by atoms with Crippen LogP contribution < -0.4 is 20.7 Å². The number of benzene rings is 7. The summed E-state index contributed by atoms with van der Waals surface area (Å²) in [6, 6.07) is 70.0. The summed E-state index contributed by atoms with van der Waals surface area (Å²) in [5.74, 6) is 0.725. The minimum Gasteiger partial charge on any atom is -0.228 e. The number of nitrogens with zero attached hydrogens (tertiary/aromatic N) is 2. The number of aromatic nitrogens is 2. The van der Waals surface area contributed by atoms with Crippen molar-refractivity contribution in [3.8, 4) is 56.2 Å². The van der Waals surface area contributed by atoms with Crippen molar-refractivity contribution in [2.45, 2.75) is 0 Å². The molecule has 0 N–H and O–H groups in total. The molecule has 0 atom stereocenters. The van der Waals surface area contributed by atoms with Crippen LogP contribution in [0.2, 0.25) is 0 Å². The van der Waals surface area contributed by atoms with Gasteiger partial charge in [0.05, 0.1) is 11.4 Å². The molecule has 0 amide bonds. The maximum Gasteiger partial charge on any atom is 0.180 e. The van der Waals surface area contributed by atoms with Gasteiger partial charge < -0.3 is 0 Å². The summed E-state index contributed by atoms with van der Waals surface area (Å²) >= 11 is 0. The van der Waals surface area contributed by atoms with Gasteiger partial charge in [0.1, 0.15) is 0 Å². The molecule has 1 aliphatic heterocycles. The van der Waals surface area contributed by atoms with Crippen molar-refractivity contribution in [2.75, 3.05) is 0 Å². The average molecular weight is 641 g/mol. The van der Waals surface area contributed by atoms with E-state index < -0.39 is 8.07 Å². The molecule has 0 spiro atoms. The quantitative estimate of drug-likeness (QED) is 0.170. The van der Waals surface area contributed by atoms with Crippen LogP contribution in [0.25, 0.3) is 56.2 Å². The van der Waals surface area contributed by atoms with Gasteiger partial charge in [-0.1, -0.05) is 188 Å². The van der Waals surface area contributed by atoms with Crippen molar-refractivity contribution in [3.05, 3.63) is 194 Å². The summed E-state index contributed by atoms with van der Waals surface area (Å²) in [6.07, 6.45) is 0. The molecule has 0 saturated heterocycles. The van der Waals surface area contributed by atoms with Crippen molar-refractivity contribution >= 4 is 28.8 Å². The Balaban J connectivity index is 1.10. The van der Waals surface area contributed by atoms with Crippen LogP contribution in [-0.4, -0.2) is 18.0 Å². The second-order valence-corrected chi connectivity index (χ2v) is 16.3. The number of hydrogen-bond donors (Lipinski definition) is 0. The summed E-state index contributed by atoms with van der Waals surface area (Å²) in [7, 11) is -2.48. The minimum atomic E-state index is -2.48. The molecule has 230 valence electrons. The predicted molar refractivity (Wildman–Crippen MR) is 206 cm³/mol. The summed E-state index contributed by atoms with van der Waals surface area (Å²) in [6.45, 7) is 0. The van der Waals surface area contributed by atoms with Crippen molar-refractivity contribution in [1.82, 2.24) is 9.97 Å². The Hall–Kier alpha value is -6.16. The highest BCUT2D eigenvalue weighted by molar-refractivity contribution is 7.22.